The van der Waals surface area contributed by atoms with Gasteiger partial charge in [0.2, 0.25) is 0 Å². The molecule has 0 heterocycles. The number of rotatable bonds is 3. The highest BCUT2D eigenvalue weighted by atomic mass is 14.6. The molecule has 2 aromatic carbocycles. The van der Waals surface area contributed by atoms with E-state index in [1.54, 1.807) is 17.5 Å². The number of aryl methyl sites for hydroxylation is 1. The summed E-state index contributed by atoms with van der Waals surface area (Å²) in [5.41, 5.74) is 4.60. The SMILES string of the molecule is Cc1ccccc1C(c1ccccc1)C1C2CC3CC(C2)CC1C3. The number of hydrogen-bond donors (Lipinski definition) is 0. The first-order valence-electron chi connectivity index (χ1n) is 9.90. The zero-order valence-corrected chi connectivity index (χ0v) is 14.7. The molecule has 0 aliphatic heterocycles. The minimum absolute atomic E-state index is 0.599. The van der Waals surface area contributed by atoms with Gasteiger partial charge < -0.3 is 0 Å². The molecule has 0 amide bonds. The Morgan fingerprint density at radius 3 is 1.92 bits per heavy atom. The molecule has 4 bridgehead atoms. The van der Waals surface area contributed by atoms with Gasteiger partial charge in [-0.25, -0.2) is 0 Å². The maximum absolute atomic E-state index is 2.40. The first kappa shape index (κ1) is 14.8. The van der Waals surface area contributed by atoms with E-state index in [1.807, 2.05) is 0 Å². The molecule has 4 saturated carbocycles. The Kier molecular flexibility index (Phi) is 3.54. The smallest absolute Gasteiger partial charge is 0.0125 e. The molecule has 4 fully saturated rings. The van der Waals surface area contributed by atoms with Crippen LogP contribution in [0.2, 0.25) is 0 Å². The highest BCUT2D eigenvalue weighted by molar-refractivity contribution is 5.39. The predicted octanol–water partition coefficient (Wildman–Crippen LogP) is 6.20. The summed E-state index contributed by atoms with van der Waals surface area (Å²) in [4.78, 5) is 0. The van der Waals surface area contributed by atoms with Crippen molar-refractivity contribution in [2.24, 2.45) is 29.6 Å². The van der Waals surface area contributed by atoms with Crippen molar-refractivity contribution in [2.45, 2.75) is 44.9 Å². The van der Waals surface area contributed by atoms with Crippen LogP contribution < -0.4 is 0 Å². The Morgan fingerprint density at radius 2 is 1.29 bits per heavy atom. The van der Waals surface area contributed by atoms with Crippen LogP contribution in [0.4, 0.5) is 0 Å². The second-order valence-corrected chi connectivity index (χ2v) is 8.75. The first-order valence-corrected chi connectivity index (χ1v) is 9.90. The van der Waals surface area contributed by atoms with Gasteiger partial charge in [-0.1, -0.05) is 54.6 Å². The van der Waals surface area contributed by atoms with Crippen molar-refractivity contribution in [3.63, 3.8) is 0 Å². The molecule has 1 unspecified atom stereocenters. The van der Waals surface area contributed by atoms with Gasteiger partial charge in [-0.05, 0) is 85.3 Å². The van der Waals surface area contributed by atoms with Crippen molar-refractivity contribution < 1.29 is 0 Å². The lowest BCUT2D eigenvalue weighted by Gasteiger charge is -2.56. The van der Waals surface area contributed by atoms with E-state index in [1.165, 1.54) is 31.2 Å². The maximum Gasteiger partial charge on any atom is 0.0125 e. The molecule has 124 valence electrons. The first-order chi connectivity index (χ1) is 11.8. The Labute approximate surface area is 146 Å². The molecular formula is C24H28. The lowest BCUT2D eigenvalue weighted by Crippen LogP contribution is -2.47. The van der Waals surface area contributed by atoms with E-state index in [-0.39, 0.29) is 0 Å². The van der Waals surface area contributed by atoms with E-state index >= 15 is 0 Å². The molecule has 4 aliphatic rings. The second-order valence-electron chi connectivity index (χ2n) is 8.75. The Hall–Kier alpha value is -1.56. The summed E-state index contributed by atoms with van der Waals surface area (Å²) in [6.45, 7) is 2.31. The highest BCUT2D eigenvalue weighted by Crippen LogP contribution is 2.60. The second kappa shape index (κ2) is 5.76. The number of benzene rings is 2. The standard InChI is InChI=1S/C24H28/c1-16-7-5-6-10-22(16)24(19-8-3-2-4-9-19)23-20-12-17-11-18(14-20)15-21(23)13-17/h2-10,17-18,20-21,23-24H,11-15H2,1H3. The van der Waals surface area contributed by atoms with Crippen LogP contribution in [0.25, 0.3) is 0 Å². The van der Waals surface area contributed by atoms with E-state index < -0.39 is 0 Å². The van der Waals surface area contributed by atoms with Crippen molar-refractivity contribution >= 4 is 0 Å². The molecule has 4 aliphatic carbocycles. The molecule has 0 heteroatoms. The molecule has 24 heavy (non-hydrogen) atoms. The lowest BCUT2D eigenvalue weighted by atomic mass is 9.48. The Balaban J connectivity index is 1.61. The van der Waals surface area contributed by atoms with Gasteiger partial charge in [0.1, 0.15) is 0 Å². The van der Waals surface area contributed by atoms with Crippen LogP contribution in [0.5, 0.6) is 0 Å². The molecular weight excluding hydrogens is 288 g/mol. The van der Waals surface area contributed by atoms with Crippen molar-refractivity contribution in [3.05, 3.63) is 71.3 Å². The molecule has 1 atom stereocenters. The van der Waals surface area contributed by atoms with E-state index in [2.05, 4.69) is 61.5 Å². The third-order valence-corrected chi connectivity index (χ3v) is 7.37. The minimum atomic E-state index is 0.599. The normalized spacial score (nSPS) is 35.1. The van der Waals surface area contributed by atoms with Crippen molar-refractivity contribution in [1.29, 1.82) is 0 Å². The summed E-state index contributed by atoms with van der Waals surface area (Å²) in [7, 11) is 0. The molecule has 0 spiro atoms. The molecule has 0 radical (unpaired) electrons. The largest absolute Gasteiger partial charge is 0.0622 e. The fraction of sp³-hybridized carbons (Fsp3) is 0.500. The van der Waals surface area contributed by atoms with Gasteiger partial charge in [0.05, 0.1) is 0 Å². The van der Waals surface area contributed by atoms with Crippen molar-refractivity contribution in [2.75, 3.05) is 0 Å². The summed E-state index contributed by atoms with van der Waals surface area (Å²) < 4.78 is 0. The quantitative estimate of drug-likeness (QED) is 0.632. The monoisotopic (exact) mass is 316 g/mol. The Morgan fingerprint density at radius 1 is 0.708 bits per heavy atom. The van der Waals surface area contributed by atoms with Gasteiger partial charge in [-0.15, -0.1) is 0 Å². The van der Waals surface area contributed by atoms with Crippen molar-refractivity contribution in [3.8, 4) is 0 Å². The van der Waals surface area contributed by atoms with Crippen molar-refractivity contribution in [1.82, 2.24) is 0 Å². The van der Waals surface area contributed by atoms with Gasteiger partial charge in [-0.3, -0.25) is 0 Å². The van der Waals surface area contributed by atoms with Crippen LogP contribution >= 0.6 is 0 Å². The molecule has 2 aromatic rings. The summed E-state index contributed by atoms with van der Waals surface area (Å²) in [6, 6.07) is 20.5. The maximum atomic E-state index is 2.40. The molecule has 0 aromatic heterocycles. The molecule has 0 N–H and O–H groups in total. The zero-order valence-electron chi connectivity index (χ0n) is 14.7. The molecule has 0 saturated heterocycles. The van der Waals surface area contributed by atoms with Gasteiger partial charge in [0, 0.05) is 5.92 Å². The molecule has 0 nitrogen and oxygen atoms in total. The topological polar surface area (TPSA) is 0 Å². The third-order valence-electron chi connectivity index (χ3n) is 7.37. The average Bonchev–Trinajstić information content (AvgIpc) is 2.59. The summed E-state index contributed by atoms with van der Waals surface area (Å²) in [6.07, 6.45) is 7.57. The van der Waals surface area contributed by atoms with E-state index in [0.29, 0.717) is 5.92 Å². The van der Waals surface area contributed by atoms with Gasteiger partial charge in [0.15, 0.2) is 0 Å². The van der Waals surface area contributed by atoms with E-state index in [4.69, 9.17) is 0 Å². The van der Waals surface area contributed by atoms with Gasteiger partial charge in [0.25, 0.3) is 0 Å². The van der Waals surface area contributed by atoms with Crippen LogP contribution in [-0.2, 0) is 0 Å². The van der Waals surface area contributed by atoms with E-state index in [9.17, 15) is 0 Å². The zero-order chi connectivity index (χ0) is 16.1. The molecule has 6 rings (SSSR count). The van der Waals surface area contributed by atoms with Crippen LogP contribution in [0.1, 0.15) is 54.7 Å². The van der Waals surface area contributed by atoms with Crippen LogP contribution in [-0.4, -0.2) is 0 Å². The summed E-state index contributed by atoms with van der Waals surface area (Å²) >= 11 is 0. The summed E-state index contributed by atoms with van der Waals surface area (Å²) in [5, 5.41) is 0. The number of hydrogen-bond acceptors (Lipinski definition) is 0. The predicted molar refractivity (Wildman–Crippen MR) is 100.0 cm³/mol. The fourth-order valence-corrected chi connectivity index (χ4v) is 6.72. The lowest BCUT2D eigenvalue weighted by molar-refractivity contribution is -0.0429. The fourth-order valence-electron chi connectivity index (χ4n) is 6.72. The average molecular weight is 316 g/mol. The van der Waals surface area contributed by atoms with Gasteiger partial charge in [-0.2, -0.15) is 0 Å². The van der Waals surface area contributed by atoms with E-state index in [0.717, 1.165) is 29.6 Å². The van der Waals surface area contributed by atoms with Crippen LogP contribution in [0.3, 0.4) is 0 Å². The van der Waals surface area contributed by atoms with Crippen LogP contribution in [0, 0.1) is 36.5 Å². The highest BCUT2D eigenvalue weighted by Gasteiger charge is 2.51. The minimum Gasteiger partial charge on any atom is -0.0622 e. The van der Waals surface area contributed by atoms with Gasteiger partial charge >= 0.3 is 0 Å². The summed E-state index contributed by atoms with van der Waals surface area (Å²) in [5.74, 6) is 5.50. The Bertz CT molecular complexity index is 686. The third kappa shape index (κ3) is 2.34. The van der Waals surface area contributed by atoms with Crippen LogP contribution in [0.15, 0.2) is 54.6 Å².